The zero-order valence-corrected chi connectivity index (χ0v) is 5.38. The van der Waals surface area contributed by atoms with Crippen LogP contribution in [-0.4, -0.2) is 23.4 Å². The van der Waals surface area contributed by atoms with E-state index < -0.39 is 0 Å². The Morgan fingerprint density at radius 3 is 2.44 bits per heavy atom. The first kappa shape index (κ1) is 8.40. The lowest BCUT2D eigenvalue weighted by atomic mass is 10.2. The van der Waals surface area contributed by atoms with Crippen LogP contribution in [0.4, 0.5) is 0 Å². The van der Waals surface area contributed by atoms with Crippen molar-refractivity contribution in [2.75, 3.05) is 13.2 Å². The summed E-state index contributed by atoms with van der Waals surface area (Å²) >= 11 is 0. The fourth-order valence-electron chi connectivity index (χ4n) is 0.527. The van der Waals surface area contributed by atoms with Crippen molar-refractivity contribution >= 4 is 0 Å². The van der Waals surface area contributed by atoms with E-state index in [9.17, 15) is 0 Å². The molecule has 0 aliphatic heterocycles. The summed E-state index contributed by atoms with van der Waals surface area (Å²) in [6.45, 7) is 3.49. The quantitative estimate of drug-likeness (QED) is 0.540. The average Bonchev–Trinajstić information content (AvgIpc) is 1.88. The number of allylic oxidation sites excluding steroid dienone is 1. The molecule has 0 aromatic carbocycles. The van der Waals surface area contributed by atoms with E-state index in [0.717, 1.165) is 5.57 Å². The SMILES string of the molecule is C=CC/C(=C\CO)CO. The lowest BCUT2D eigenvalue weighted by Crippen LogP contribution is -1.90. The van der Waals surface area contributed by atoms with Crippen LogP contribution < -0.4 is 0 Å². The molecule has 2 N–H and O–H groups in total. The van der Waals surface area contributed by atoms with Crippen molar-refractivity contribution < 1.29 is 10.2 Å². The molecule has 0 aliphatic rings. The van der Waals surface area contributed by atoms with E-state index in [1.165, 1.54) is 0 Å². The van der Waals surface area contributed by atoms with Crippen molar-refractivity contribution in [1.82, 2.24) is 0 Å². The number of rotatable bonds is 4. The van der Waals surface area contributed by atoms with E-state index in [-0.39, 0.29) is 13.2 Å². The fraction of sp³-hybridized carbons (Fsp3) is 0.429. The van der Waals surface area contributed by atoms with Crippen LogP contribution in [0.25, 0.3) is 0 Å². The molecule has 0 saturated heterocycles. The smallest absolute Gasteiger partial charge is 0.0645 e. The second-order valence-corrected chi connectivity index (χ2v) is 1.70. The molecule has 0 amide bonds. The maximum absolute atomic E-state index is 8.56. The maximum atomic E-state index is 8.56. The van der Waals surface area contributed by atoms with Gasteiger partial charge in [0.1, 0.15) is 0 Å². The molecule has 0 saturated carbocycles. The zero-order valence-electron chi connectivity index (χ0n) is 5.38. The van der Waals surface area contributed by atoms with E-state index in [1.807, 2.05) is 0 Å². The molecule has 0 atom stereocenters. The third-order valence-corrected chi connectivity index (χ3v) is 0.990. The Labute approximate surface area is 55.1 Å². The van der Waals surface area contributed by atoms with E-state index >= 15 is 0 Å². The molecule has 0 fully saturated rings. The molecule has 0 rings (SSSR count). The van der Waals surface area contributed by atoms with Gasteiger partial charge in [0.2, 0.25) is 0 Å². The third-order valence-electron chi connectivity index (χ3n) is 0.990. The Morgan fingerprint density at radius 2 is 2.11 bits per heavy atom. The predicted molar refractivity (Wildman–Crippen MR) is 37.1 cm³/mol. The summed E-state index contributed by atoms with van der Waals surface area (Å²) in [6.07, 6.45) is 3.93. The van der Waals surface area contributed by atoms with Crippen molar-refractivity contribution in [3.63, 3.8) is 0 Å². The Morgan fingerprint density at radius 1 is 1.44 bits per heavy atom. The number of hydrogen-bond acceptors (Lipinski definition) is 2. The fourth-order valence-corrected chi connectivity index (χ4v) is 0.527. The monoisotopic (exact) mass is 128 g/mol. The molecular weight excluding hydrogens is 116 g/mol. The third kappa shape index (κ3) is 3.94. The average molecular weight is 128 g/mol. The van der Waals surface area contributed by atoms with Gasteiger partial charge in [-0.25, -0.2) is 0 Å². The van der Waals surface area contributed by atoms with Gasteiger partial charge >= 0.3 is 0 Å². The lowest BCUT2D eigenvalue weighted by molar-refractivity contribution is 0.317. The summed E-state index contributed by atoms with van der Waals surface area (Å²) in [5.41, 5.74) is 0.813. The molecule has 0 radical (unpaired) electrons. The minimum Gasteiger partial charge on any atom is -0.392 e. The predicted octanol–water partition coefficient (Wildman–Crippen LogP) is 0.473. The first-order valence-electron chi connectivity index (χ1n) is 2.85. The molecule has 0 unspecified atom stereocenters. The second kappa shape index (κ2) is 5.54. The first-order valence-corrected chi connectivity index (χ1v) is 2.85. The largest absolute Gasteiger partial charge is 0.392 e. The van der Waals surface area contributed by atoms with Gasteiger partial charge in [-0.05, 0) is 12.0 Å². The van der Waals surface area contributed by atoms with Crippen LogP contribution in [0.1, 0.15) is 6.42 Å². The van der Waals surface area contributed by atoms with Crippen LogP contribution in [0.2, 0.25) is 0 Å². The highest BCUT2D eigenvalue weighted by Crippen LogP contribution is 1.98. The number of aliphatic hydroxyl groups excluding tert-OH is 2. The summed E-state index contributed by atoms with van der Waals surface area (Å²) in [5, 5.41) is 16.9. The zero-order chi connectivity index (χ0) is 7.11. The molecule has 0 aromatic heterocycles. The van der Waals surface area contributed by atoms with Gasteiger partial charge < -0.3 is 10.2 Å². The van der Waals surface area contributed by atoms with Gasteiger partial charge in [-0.2, -0.15) is 0 Å². The second-order valence-electron chi connectivity index (χ2n) is 1.70. The molecular formula is C7H12O2. The van der Waals surface area contributed by atoms with Crippen molar-refractivity contribution in [3.05, 3.63) is 24.3 Å². The van der Waals surface area contributed by atoms with Gasteiger partial charge in [-0.15, -0.1) is 6.58 Å². The van der Waals surface area contributed by atoms with Crippen molar-refractivity contribution in [1.29, 1.82) is 0 Å². The molecule has 9 heavy (non-hydrogen) atoms. The minimum absolute atomic E-state index is 0.00653. The summed E-state index contributed by atoms with van der Waals surface area (Å²) in [5.74, 6) is 0. The van der Waals surface area contributed by atoms with E-state index in [0.29, 0.717) is 6.42 Å². The van der Waals surface area contributed by atoms with Crippen LogP contribution in [-0.2, 0) is 0 Å². The number of aliphatic hydroxyl groups is 2. The topological polar surface area (TPSA) is 40.5 Å². The van der Waals surface area contributed by atoms with Crippen molar-refractivity contribution in [2.45, 2.75) is 6.42 Å². The van der Waals surface area contributed by atoms with Gasteiger partial charge in [0.15, 0.2) is 0 Å². The van der Waals surface area contributed by atoms with Crippen molar-refractivity contribution in [2.24, 2.45) is 0 Å². The van der Waals surface area contributed by atoms with Crippen LogP contribution >= 0.6 is 0 Å². The Kier molecular flexibility index (Phi) is 5.17. The highest BCUT2D eigenvalue weighted by atomic mass is 16.3. The van der Waals surface area contributed by atoms with Crippen LogP contribution in [0.5, 0.6) is 0 Å². The van der Waals surface area contributed by atoms with E-state index in [1.54, 1.807) is 12.2 Å². The van der Waals surface area contributed by atoms with Gasteiger partial charge in [0.25, 0.3) is 0 Å². The molecule has 52 valence electrons. The maximum Gasteiger partial charge on any atom is 0.0645 e. The Balaban J connectivity index is 3.65. The number of hydrogen-bond donors (Lipinski definition) is 2. The molecule has 0 bridgehead atoms. The van der Waals surface area contributed by atoms with E-state index in [4.69, 9.17) is 10.2 Å². The summed E-state index contributed by atoms with van der Waals surface area (Å²) in [6, 6.07) is 0. The van der Waals surface area contributed by atoms with Gasteiger partial charge in [-0.3, -0.25) is 0 Å². The summed E-state index contributed by atoms with van der Waals surface area (Å²) in [7, 11) is 0. The van der Waals surface area contributed by atoms with Crippen LogP contribution in [0.3, 0.4) is 0 Å². The molecule has 2 heteroatoms. The normalized spacial score (nSPS) is 11.6. The highest BCUT2D eigenvalue weighted by molar-refractivity contribution is 5.06. The van der Waals surface area contributed by atoms with Gasteiger partial charge in [0, 0.05) is 0 Å². The van der Waals surface area contributed by atoms with Crippen molar-refractivity contribution in [3.8, 4) is 0 Å². The van der Waals surface area contributed by atoms with Crippen LogP contribution in [0, 0.1) is 0 Å². The Hall–Kier alpha value is -0.600. The standard InChI is InChI=1S/C7H12O2/c1-2-3-7(6-9)4-5-8/h2,4,8-9H,1,3,5-6H2/b7-4+. The molecule has 0 spiro atoms. The highest BCUT2D eigenvalue weighted by Gasteiger charge is 1.88. The van der Waals surface area contributed by atoms with Gasteiger partial charge in [0.05, 0.1) is 13.2 Å². The van der Waals surface area contributed by atoms with E-state index in [2.05, 4.69) is 6.58 Å². The first-order chi connectivity index (χ1) is 4.35. The summed E-state index contributed by atoms with van der Waals surface area (Å²) < 4.78 is 0. The minimum atomic E-state index is -0.0102. The van der Waals surface area contributed by atoms with Gasteiger partial charge in [-0.1, -0.05) is 12.2 Å². The molecule has 0 aromatic rings. The van der Waals surface area contributed by atoms with Crippen LogP contribution in [0.15, 0.2) is 24.3 Å². The Bertz CT molecular complexity index is 105. The molecule has 0 aliphatic carbocycles. The lowest BCUT2D eigenvalue weighted by Gasteiger charge is -1.95. The molecule has 0 heterocycles. The molecule has 2 nitrogen and oxygen atoms in total. The summed E-state index contributed by atoms with van der Waals surface area (Å²) in [4.78, 5) is 0.